The first kappa shape index (κ1) is 39.5. The maximum absolute atomic E-state index is 5.23. The molecule has 0 aliphatic heterocycles. The second kappa shape index (κ2) is 17.7. The maximum Gasteiger partial charge on any atom is 0.205 e. The minimum atomic E-state index is -0.853. The largest absolute Gasteiger partial charge is 0.337 e. The van der Waals surface area contributed by atoms with Crippen LogP contribution >= 0.6 is 0 Å². The molecule has 8 nitrogen and oxygen atoms in total. The lowest BCUT2D eigenvalue weighted by molar-refractivity contribution is 0.396. The van der Waals surface area contributed by atoms with Crippen molar-refractivity contribution >= 4 is 11.0 Å². The molecule has 8 heteroatoms. The first-order valence-electron chi connectivity index (χ1n) is 21.7. The van der Waals surface area contributed by atoms with Gasteiger partial charge < -0.3 is 9.13 Å². The smallest absolute Gasteiger partial charge is 0.205 e. The van der Waals surface area contributed by atoms with Crippen molar-refractivity contribution in [2.24, 2.45) is 0 Å². The lowest BCUT2D eigenvalue weighted by Crippen LogP contribution is -2.39. The fourth-order valence-electron chi connectivity index (χ4n) is 8.78. The number of nitrogens with zero attached hydrogens (tertiary/aromatic N) is 8. The summed E-state index contributed by atoms with van der Waals surface area (Å²) in [6.07, 6.45) is 11.1. The van der Waals surface area contributed by atoms with Gasteiger partial charge in [-0.25, -0.2) is 9.97 Å². The normalized spacial score (nSPS) is 11.7. The van der Waals surface area contributed by atoms with Crippen molar-refractivity contribution in [2.75, 3.05) is 0 Å². The fourth-order valence-corrected chi connectivity index (χ4v) is 8.78. The number of hydrogen-bond donors (Lipinski definition) is 0. The van der Waals surface area contributed by atoms with E-state index in [1.807, 2.05) is 30.6 Å². The van der Waals surface area contributed by atoms with Crippen LogP contribution in [0, 0.1) is 6.92 Å². The molecular weight excluding hydrogens is 749 g/mol. The van der Waals surface area contributed by atoms with Crippen LogP contribution in [0.25, 0.3) is 44.8 Å². The van der Waals surface area contributed by atoms with Gasteiger partial charge in [-0.15, -0.1) is 15.0 Å². The lowest BCUT2D eigenvalue weighted by atomic mass is 9.77. The van der Waals surface area contributed by atoms with Crippen LogP contribution in [0.2, 0.25) is 0 Å². The number of hydrogen-bond acceptors (Lipinski definition) is 5. The highest BCUT2D eigenvalue weighted by Gasteiger charge is 2.41. The molecule has 0 saturated heterocycles. The van der Waals surface area contributed by atoms with Crippen LogP contribution in [0.5, 0.6) is 0 Å². The van der Waals surface area contributed by atoms with Crippen molar-refractivity contribution in [2.45, 2.75) is 77.9 Å². The summed E-state index contributed by atoms with van der Waals surface area (Å²) in [6, 6.07) is 53.1. The summed E-state index contributed by atoms with van der Waals surface area (Å²) in [7, 11) is 0. The van der Waals surface area contributed by atoms with Gasteiger partial charge in [0.15, 0.2) is 5.54 Å². The van der Waals surface area contributed by atoms with Gasteiger partial charge >= 0.3 is 0 Å². The molecule has 0 unspecified atom stereocenters. The molecule has 0 spiro atoms. The molecule has 304 valence electrons. The average molecular weight is 801 g/mol. The Morgan fingerprint density at radius 2 is 1.26 bits per heavy atom. The predicted octanol–water partition coefficient (Wildman–Crippen LogP) is 12.0. The van der Waals surface area contributed by atoms with E-state index >= 15 is 0 Å². The zero-order valence-electron chi connectivity index (χ0n) is 35.3. The Labute approximate surface area is 358 Å². The van der Waals surface area contributed by atoms with E-state index in [4.69, 9.17) is 25.4 Å². The zero-order chi connectivity index (χ0) is 41.6. The van der Waals surface area contributed by atoms with Gasteiger partial charge in [0.05, 0.1) is 23.1 Å². The fraction of sp³-hybridized carbons (Fsp3) is 0.226. The molecule has 0 radical (unpaired) electrons. The molecule has 3 aromatic heterocycles. The minimum Gasteiger partial charge on any atom is -0.337 e. The highest BCUT2D eigenvalue weighted by Crippen LogP contribution is 2.40. The Hall–Kier alpha value is -6.93. The molecule has 0 amide bonds. The Morgan fingerprint density at radius 1 is 0.623 bits per heavy atom. The second-order valence-electron chi connectivity index (χ2n) is 16.0. The predicted molar refractivity (Wildman–Crippen MR) is 246 cm³/mol. The number of aryl methyl sites for hydroxylation is 3. The van der Waals surface area contributed by atoms with Crippen LogP contribution in [0.4, 0.5) is 0 Å². The number of tetrazole rings is 1. The summed E-state index contributed by atoms with van der Waals surface area (Å²) in [5.41, 5.74) is 12.1. The average Bonchev–Trinajstić information content (AvgIpc) is 4.08. The number of unbranched alkanes of at least 4 members (excludes halogenated alkanes) is 3. The minimum absolute atomic E-state index is 0.563. The molecule has 3 heterocycles. The number of benzene rings is 6. The van der Waals surface area contributed by atoms with E-state index in [9.17, 15) is 0 Å². The van der Waals surface area contributed by atoms with E-state index in [1.54, 1.807) is 4.80 Å². The third-order valence-corrected chi connectivity index (χ3v) is 11.9. The van der Waals surface area contributed by atoms with Gasteiger partial charge in [0, 0.05) is 36.8 Å². The monoisotopic (exact) mass is 800 g/mol. The number of fused-ring (bicyclic) bond motifs is 1. The molecule has 0 N–H and O–H groups in total. The number of aromatic nitrogens is 8. The van der Waals surface area contributed by atoms with Gasteiger partial charge in [-0.2, -0.15) is 0 Å². The molecule has 9 rings (SSSR count). The molecule has 0 bridgehead atoms. The zero-order valence-corrected chi connectivity index (χ0v) is 35.3. The van der Waals surface area contributed by atoms with Gasteiger partial charge in [-0.05, 0) is 76.1 Å². The van der Waals surface area contributed by atoms with Gasteiger partial charge in [-0.1, -0.05) is 173 Å². The summed E-state index contributed by atoms with van der Waals surface area (Å²) < 4.78 is 4.64. The van der Waals surface area contributed by atoms with Gasteiger partial charge in [0.1, 0.15) is 5.82 Å². The molecule has 0 aliphatic carbocycles. The molecule has 0 fully saturated rings. The van der Waals surface area contributed by atoms with E-state index in [2.05, 4.69) is 163 Å². The summed E-state index contributed by atoms with van der Waals surface area (Å²) >= 11 is 0. The highest BCUT2D eigenvalue weighted by molar-refractivity contribution is 5.85. The maximum atomic E-state index is 5.23. The molecule has 0 aliphatic rings. The molecule has 0 saturated carbocycles. The second-order valence-corrected chi connectivity index (χ2v) is 16.0. The van der Waals surface area contributed by atoms with Crippen molar-refractivity contribution in [3.05, 3.63) is 198 Å². The Morgan fingerprint density at radius 3 is 1.90 bits per heavy atom. The van der Waals surface area contributed by atoms with Crippen molar-refractivity contribution < 1.29 is 0 Å². The van der Waals surface area contributed by atoms with Crippen molar-refractivity contribution in [3.63, 3.8) is 0 Å². The molecule has 6 aromatic carbocycles. The molecular formula is C53H52N8. The molecule has 9 aromatic rings. The topological polar surface area (TPSA) is 79.2 Å². The van der Waals surface area contributed by atoms with Crippen LogP contribution in [0.1, 0.15) is 79.6 Å². The summed E-state index contributed by atoms with van der Waals surface area (Å²) in [6.45, 7) is 8.37. The lowest BCUT2D eigenvalue weighted by Gasteiger charge is -2.34. The SMILES string of the molecule is CCCCCCn1cnc(-c2cc(C)c3nc(CCC)n(Cc4ccc(-c5ccccc5-c5nnn(C(c6ccccc6)(c6ccccc6)c6ccccc6)n5)cc4)c3c2)c1. The highest BCUT2D eigenvalue weighted by atomic mass is 15.6. The standard InChI is InChI=1S/C53H52N8/c1-4-6-7-19-33-59-37-48(54-38-59)42-34-39(3)51-49(35-42)60(50(55-51)20-5-2)36-40-29-31-41(32-30-40)46-27-17-18-28-47(46)52-56-58-61(57-52)53(43-21-11-8-12-22-43,44-23-13-9-14-24-44)45-25-15-10-16-26-45/h8-18,21-32,34-35,37-38H,4-7,19-20,33,36H2,1-3H3. The number of rotatable bonds is 16. The summed E-state index contributed by atoms with van der Waals surface area (Å²) in [5, 5.41) is 14.8. The van der Waals surface area contributed by atoms with Gasteiger partial charge in [-0.3, -0.25) is 0 Å². The van der Waals surface area contributed by atoms with Crippen molar-refractivity contribution in [1.82, 2.24) is 39.3 Å². The van der Waals surface area contributed by atoms with E-state index < -0.39 is 5.54 Å². The third-order valence-electron chi connectivity index (χ3n) is 11.9. The Kier molecular flexibility index (Phi) is 11.5. The Balaban J connectivity index is 1.04. The van der Waals surface area contributed by atoms with E-state index in [1.165, 1.54) is 36.8 Å². The Bertz CT molecular complexity index is 2740. The van der Waals surface area contributed by atoms with Crippen molar-refractivity contribution in [1.29, 1.82) is 0 Å². The van der Waals surface area contributed by atoms with E-state index in [0.29, 0.717) is 5.82 Å². The van der Waals surface area contributed by atoms with E-state index in [0.717, 1.165) is 87.4 Å². The van der Waals surface area contributed by atoms with Crippen molar-refractivity contribution in [3.8, 4) is 33.8 Å². The molecule has 61 heavy (non-hydrogen) atoms. The third kappa shape index (κ3) is 7.82. The molecule has 0 atom stereocenters. The van der Waals surface area contributed by atoms with Crippen LogP contribution in [-0.4, -0.2) is 39.3 Å². The van der Waals surface area contributed by atoms with Gasteiger partial charge in [0.25, 0.3) is 0 Å². The summed E-state index contributed by atoms with van der Waals surface area (Å²) in [4.78, 5) is 11.8. The summed E-state index contributed by atoms with van der Waals surface area (Å²) in [5.74, 6) is 1.67. The van der Waals surface area contributed by atoms with Crippen LogP contribution in [0.15, 0.2) is 164 Å². The first-order chi connectivity index (χ1) is 30.1. The van der Waals surface area contributed by atoms with E-state index in [-0.39, 0.29) is 0 Å². The number of imidazole rings is 2. The van der Waals surface area contributed by atoms with Crippen LogP contribution in [0.3, 0.4) is 0 Å². The van der Waals surface area contributed by atoms with Gasteiger partial charge in [0.2, 0.25) is 5.82 Å². The first-order valence-corrected chi connectivity index (χ1v) is 21.7. The van der Waals surface area contributed by atoms with Crippen LogP contribution < -0.4 is 0 Å². The quantitative estimate of drug-likeness (QED) is 0.0718. The van der Waals surface area contributed by atoms with Crippen LogP contribution in [-0.2, 0) is 25.0 Å².